The lowest BCUT2D eigenvalue weighted by molar-refractivity contribution is -0.00165. The molecule has 3 aliphatic rings. The summed E-state index contributed by atoms with van der Waals surface area (Å²) in [5.74, 6) is 1.83. The zero-order valence-corrected chi connectivity index (χ0v) is 25.4. The molecular formula is C34H38F2N6O3. The minimum Gasteiger partial charge on any atom is -0.495 e. The number of terminal acetylenes is 1. The summed E-state index contributed by atoms with van der Waals surface area (Å²) >= 11 is 0. The summed E-state index contributed by atoms with van der Waals surface area (Å²) < 4.78 is 40.2. The van der Waals surface area contributed by atoms with Crippen molar-refractivity contribution in [2.24, 2.45) is 0 Å². The van der Waals surface area contributed by atoms with Crippen molar-refractivity contribution in [2.45, 2.75) is 50.4 Å². The molecule has 0 atom stereocenters. The van der Waals surface area contributed by atoms with Gasteiger partial charge in [-0.1, -0.05) is 18.1 Å². The highest BCUT2D eigenvalue weighted by atomic mass is 19.1. The Morgan fingerprint density at radius 2 is 1.80 bits per heavy atom. The van der Waals surface area contributed by atoms with E-state index in [9.17, 15) is 13.6 Å². The molecule has 3 aliphatic heterocycles. The summed E-state index contributed by atoms with van der Waals surface area (Å²) in [5.41, 5.74) is 5.71. The first-order valence-corrected chi connectivity index (χ1v) is 15.3. The van der Waals surface area contributed by atoms with Crippen LogP contribution < -0.4 is 15.5 Å². The molecule has 3 saturated heterocycles. The van der Waals surface area contributed by atoms with Crippen LogP contribution in [0.4, 0.5) is 25.0 Å². The van der Waals surface area contributed by atoms with Gasteiger partial charge in [0.2, 0.25) is 0 Å². The van der Waals surface area contributed by atoms with Crippen LogP contribution in [0.5, 0.6) is 5.75 Å². The van der Waals surface area contributed by atoms with Crippen molar-refractivity contribution < 1.29 is 23.0 Å². The molecule has 3 aromatic rings. The van der Waals surface area contributed by atoms with E-state index < -0.39 is 17.2 Å². The minimum atomic E-state index is -0.641. The first-order valence-electron chi connectivity index (χ1n) is 15.3. The van der Waals surface area contributed by atoms with Gasteiger partial charge in [-0.3, -0.25) is 14.8 Å². The van der Waals surface area contributed by atoms with Crippen LogP contribution in [-0.4, -0.2) is 77.4 Å². The highest BCUT2D eigenvalue weighted by Crippen LogP contribution is 2.35. The lowest BCUT2D eigenvalue weighted by Gasteiger charge is -2.37. The van der Waals surface area contributed by atoms with Crippen LogP contribution in [0, 0.1) is 24.0 Å². The number of likely N-dealkylation sites (tertiary alicyclic amines) is 1. The van der Waals surface area contributed by atoms with E-state index >= 15 is 0 Å². The first-order chi connectivity index (χ1) is 21.8. The quantitative estimate of drug-likeness (QED) is 0.316. The van der Waals surface area contributed by atoms with E-state index in [1.54, 1.807) is 18.2 Å². The largest absolute Gasteiger partial charge is 0.495 e. The summed E-state index contributed by atoms with van der Waals surface area (Å²) in [6.45, 7) is 3.83. The van der Waals surface area contributed by atoms with Crippen molar-refractivity contribution in [2.75, 3.05) is 50.6 Å². The molecule has 4 heterocycles. The number of nitrogens with one attached hydrogen (secondary N) is 2. The Morgan fingerprint density at radius 3 is 2.47 bits per heavy atom. The van der Waals surface area contributed by atoms with Gasteiger partial charge in [0.15, 0.2) is 0 Å². The normalized spacial score (nSPS) is 18.9. The SMILES string of the molecule is C#Cc1cc(F)c(CN2CCC3(CC2)CN(Cc2ccc(NN4CCC(Nc5ccccc5OC)CC4)cn2)C(=O)O3)c(F)c1. The van der Waals surface area contributed by atoms with Gasteiger partial charge in [-0.15, -0.1) is 6.42 Å². The number of halogens is 2. The monoisotopic (exact) mass is 616 g/mol. The molecule has 236 valence electrons. The lowest BCUT2D eigenvalue weighted by Crippen LogP contribution is -2.46. The number of amides is 1. The van der Waals surface area contributed by atoms with E-state index in [4.69, 9.17) is 15.9 Å². The fourth-order valence-electron chi connectivity index (χ4n) is 6.34. The second-order valence-electron chi connectivity index (χ2n) is 12.0. The van der Waals surface area contributed by atoms with Gasteiger partial charge >= 0.3 is 6.09 Å². The van der Waals surface area contributed by atoms with Gasteiger partial charge in [0.05, 0.1) is 43.5 Å². The molecule has 11 heteroatoms. The van der Waals surface area contributed by atoms with Gasteiger partial charge in [-0.05, 0) is 49.2 Å². The fourth-order valence-corrected chi connectivity index (χ4v) is 6.34. The van der Waals surface area contributed by atoms with Crippen molar-refractivity contribution in [3.05, 3.63) is 83.2 Å². The molecule has 0 unspecified atom stereocenters. The van der Waals surface area contributed by atoms with E-state index in [2.05, 4.69) is 26.7 Å². The van der Waals surface area contributed by atoms with E-state index in [1.165, 1.54) is 12.1 Å². The average molecular weight is 617 g/mol. The fraction of sp³-hybridized carbons (Fsp3) is 0.412. The lowest BCUT2D eigenvalue weighted by atomic mass is 9.91. The number of para-hydroxylation sites is 2. The number of methoxy groups -OCH3 is 1. The van der Waals surface area contributed by atoms with Gasteiger partial charge in [0, 0.05) is 62.7 Å². The van der Waals surface area contributed by atoms with Crippen LogP contribution in [0.15, 0.2) is 54.7 Å². The Bertz CT molecular complexity index is 1520. The third kappa shape index (κ3) is 7.13. The topological polar surface area (TPSA) is 82.2 Å². The van der Waals surface area contributed by atoms with E-state index in [0.29, 0.717) is 45.1 Å². The molecule has 0 radical (unpaired) electrons. The van der Waals surface area contributed by atoms with E-state index in [-0.39, 0.29) is 23.8 Å². The molecule has 45 heavy (non-hydrogen) atoms. The summed E-state index contributed by atoms with van der Waals surface area (Å²) in [7, 11) is 1.68. The van der Waals surface area contributed by atoms with Crippen molar-refractivity contribution in [1.29, 1.82) is 0 Å². The first kappa shape index (κ1) is 30.6. The maximum Gasteiger partial charge on any atom is 0.410 e. The number of nitrogens with zero attached hydrogens (tertiary/aromatic N) is 4. The van der Waals surface area contributed by atoms with E-state index in [0.717, 1.165) is 48.7 Å². The second-order valence-corrected chi connectivity index (χ2v) is 12.0. The maximum atomic E-state index is 14.4. The molecular weight excluding hydrogens is 578 g/mol. The number of ether oxygens (including phenoxy) is 2. The molecule has 2 aromatic carbocycles. The second kappa shape index (κ2) is 13.3. The zero-order valence-electron chi connectivity index (χ0n) is 25.4. The Kier molecular flexibility index (Phi) is 9.05. The summed E-state index contributed by atoms with van der Waals surface area (Å²) in [5, 5.41) is 5.80. The number of pyridine rings is 1. The summed E-state index contributed by atoms with van der Waals surface area (Å²) in [6, 6.07) is 14.6. The summed E-state index contributed by atoms with van der Waals surface area (Å²) in [4.78, 5) is 21.1. The molecule has 0 bridgehead atoms. The number of rotatable bonds is 9. The van der Waals surface area contributed by atoms with Crippen molar-refractivity contribution in [1.82, 2.24) is 19.8 Å². The van der Waals surface area contributed by atoms with E-state index in [1.807, 2.05) is 41.3 Å². The highest BCUT2D eigenvalue weighted by Gasteiger charge is 2.47. The standard InChI is InChI=1S/C34H38F2N6O3/c1-3-24-18-29(35)28(30(36)19-24)22-40-16-12-34(13-17-40)23-41(33(43)45-34)21-27-9-8-26(20-37-27)39-42-14-10-25(11-15-42)38-31-6-4-5-7-32(31)44-2/h1,4-9,18-20,25,38-39H,10-17,21-23H2,2H3. The van der Waals surface area contributed by atoms with Crippen LogP contribution >= 0.6 is 0 Å². The molecule has 0 aliphatic carbocycles. The van der Waals surface area contributed by atoms with Crippen LogP contribution in [-0.2, 0) is 17.8 Å². The van der Waals surface area contributed by atoms with Gasteiger partial charge in [-0.2, -0.15) is 0 Å². The smallest absolute Gasteiger partial charge is 0.410 e. The third-order valence-corrected chi connectivity index (χ3v) is 8.92. The highest BCUT2D eigenvalue weighted by molar-refractivity contribution is 5.70. The minimum absolute atomic E-state index is 0.00426. The van der Waals surface area contributed by atoms with Crippen molar-refractivity contribution >= 4 is 17.5 Å². The van der Waals surface area contributed by atoms with Gasteiger partial charge in [0.25, 0.3) is 0 Å². The number of aromatic nitrogens is 1. The molecule has 1 aromatic heterocycles. The Balaban J connectivity index is 0.957. The van der Waals surface area contributed by atoms with Gasteiger partial charge in [0.1, 0.15) is 23.0 Å². The number of hydrogen-bond donors (Lipinski definition) is 2. The number of hydrazine groups is 1. The maximum absolute atomic E-state index is 14.4. The number of piperidine rings is 2. The number of benzene rings is 2. The Labute approximate surface area is 262 Å². The summed E-state index contributed by atoms with van der Waals surface area (Å²) in [6.07, 6.45) is 9.85. The Morgan fingerprint density at radius 1 is 1.07 bits per heavy atom. The Hall–Kier alpha value is -4.40. The van der Waals surface area contributed by atoms with Crippen molar-refractivity contribution in [3.63, 3.8) is 0 Å². The molecule has 1 amide bonds. The number of anilines is 2. The molecule has 3 fully saturated rings. The molecule has 0 saturated carbocycles. The van der Waals surface area contributed by atoms with Crippen molar-refractivity contribution in [3.8, 4) is 18.1 Å². The third-order valence-electron chi connectivity index (χ3n) is 8.92. The molecule has 2 N–H and O–H groups in total. The predicted molar refractivity (Wildman–Crippen MR) is 167 cm³/mol. The predicted octanol–water partition coefficient (Wildman–Crippen LogP) is 5.24. The van der Waals surface area contributed by atoms with Crippen LogP contribution in [0.2, 0.25) is 0 Å². The number of hydrogen-bond acceptors (Lipinski definition) is 8. The molecule has 6 rings (SSSR count). The molecule has 1 spiro atoms. The number of carbonyl (C=O) groups is 1. The van der Waals surface area contributed by atoms with Gasteiger partial charge < -0.3 is 20.2 Å². The van der Waals surface area contributed by atoms with Gasteiger partial charge in [-0.25, -0.2) is 18.6 Å². The molecule has 9 nitrogen and oxygen atoms in total. The number of carbonyl (C=O) groups excluding carboxylic acids is 1. The van der Waals surface area contributed by atoms with Crippen LogP contribution in [0.1, 0.15) is 42.5 Å². The van der Waals surface area contributed by atoms with Crippen LogP contribution in [0.3, 0.4) is 0 Å². The van der Waals surface area contributed by atoms with Crippen LogP contribution in [0.25, 0.3) is 0 Å². The average Bonchev–Trinajstić information content (AvgIpc) is 3.35. The zero-order chi connectivity index (χ0) is 31.4.